The number of hydrogen-bond donors (Lipinski definition) is 2. The Labute approximate surface area is 139 Å². The molecule has 0 aromatic heterocycles. The van der Waals surface area contributed by atoms with Gasteiger partial charge in [-0.05, 0) is 33.1 Å². The van der Waals surface area contributed by atoms with Crippen LogP contribution in [0.1, 0.15) is 33.1 Å². The van der Waals surface area contributed by atoms with E-state index >= 15 is 0 Å². The molecule has 1 heterocycles. The number of guanidine groups is 1. The largest absolute Gasteiger partial charge is 0.357 e. The average Bonchev–Trinajstić information content (AvgIpc) is 2.91. The second kappa shape index (κ2) is 10.6. The van der Waals surface area contributed by atoms with Gasteiger partial charge in [0.25, 0.3) is 0 Å². The lowest BCUT2D eigenvalue weighted by Crippen LogP contribution is -2.39. The summed E-state index contributed by atoms with van der Waals surface area (Å²) in [5.74, 6) is 1.09. The summed E-state index contributed by atoms with van der Waals surface area (Å²) in [6, 6.07) is 0. The van der Waals surface area contributed by atoms with Crippen LogP contribution in [0.4, 0.5) is 0 Å². The first-order chi connectivity index (χ1) is 9.09. The van der Waals surface area contributed by atoms with Gasteiger partial charge in [0.05, 0.1) is 5.75 Å². The smallest absolute Gasteiger partial charge is 0.211 e. The molecule has 8 heteroatoms. The van der Waals surface area contributed by atoms with Crippen molar-refractivity contribution in [2.24, 2.45) is 4.99 Å². The number of likely N-dealkylation sites (tertiary alicyclic amines) is 1. The molecule has 6 nitrogen and oxygen atoms in total. The molecule has 1 aliphatic heterocycles. The van der Waals surface area contributed by atoms with Gasteiger partial charge < -0.3 is 10.2 Å². The fourth-order valence-electron chi connectivity index (χ4n) is 1.95. The Morgan fingerprint density at radius 1 is 1.25 bits per heavy atom. The molecule has 0 aromatic carbocycles. The lowest BCUT2D eigenvalue weighted by molar-refractivity contribution is 0.493. The van der Waals surface area contributed by atoms with Gasteiger partial charge in [0.2, 0.25) is 10.0 Å². The van der Waals surface area contributed by atoms with Crippen LogP contribution in [0.15, 0.2) is 4.99 Å². The topological polar surface area (TPSA) is 73.8 Å². The Bertz CT molecular complexity index is 381. The average molecular weight is 418 g/mol. The maximum absolute atomic E-state index is 11.2. The van der Waals surface area contributed by atoms with Crippen LogP contribution in [0.2, 0.25) is 0 Å². The zero-order valence-electron chi connectivity index (χ0n) is 12.4. The van der Waals surface area contributed by atoms with Gasteiger partial charge in [0, 0.05) is 32.7 Å². The molecule has 0 aromatic rings. The molecule has 0 unspecified atom stereocenters. The third-order valence-electron chi connectivity index (χ3n) is 3.04. The highest BCUT2D eigenvalue weighted by atomic mass is 127. The van der Waals surface area contributed by atoms with E-state index in [2.05, 4.69) is 26.9 Å². The monoisotopic (exact) mass is 418 g/mol. The standard InChI is InChI=1S/C12H26N4O2S.HI/c1-3-13-12(16-10-5-6-11-16)14-8-7-9-15-19(17,18)4-2;/h15H,3-11H2,1-2H3,(H,13,14);1H. The van der Waals surface area contributed by atoms with Gasteiger partial charge in [0.15, 0.2) is 5.96 Å². The number of hydrogen-bond acceptors (Lipinski definition) is 3. The van der Waals surface area contributed by atoms with E-state index in [0.29, 0.717) is 13.1 Å². The minimum absolute atomic E-state index is 0. The quantitative estimate of drug-likeness (QED) is 0.280. The fourth-order valence-corrected chi connectivity index (χ4v) is 2.61. The molecule has 0 aliphatic carbocycles. The number of halogens is 1. The van der Waals surface area contributed by atoms with Crippen LogP contribution in [0.5, 0.6) is 0 Å². The van der Waals surface area contributed by atoms with Crippen molar-refractivity contribution in [3.63, 3.8) is 0 Å². The molecule has 20 heavy (non-hydrogen) atoms. The number of nitrogens with zero attached hydrogens (tertiary/aromatic N) is 2. The number of rotatable bonds is 7. The van der Waals surface area contributed by atoms with E-state index in [9.17, 15) is 8.42 Å². The second-order valence-electron chi connectivity index (χ2n) is 4.58. The highest BCUT2D eigenvalue weighted by molar-refractivity contribution is 14.0. The van der Waals surface area contributed by atoms with Crippen molar-refractivity contribution < 1.29 is 8.42 Å². The summed E-state index contributed by atoms with van der Waals surface area (Å²) in [5.41, 5.74) is 0. The Morgan fingerprint density at radius 2 is 1.90 bits per heavy atom. The molecule has 0 amide bonds. The van der Waals surface area contributed by atoms with Crippen molar-refractivity contribution in [1.29, 1.82) is 0 Å². The maximum atomic E-state index is 11.2. The van der Waals surface area contributed by atoms with Crippen molar-refractivity contribution in [2.45, 2.75) is 33.1 Å². The molecule has 1 saturated heterocycles. The van der Waals surface area contributed by atoms with Crippen LogP contribution in [0.25, 0.3) is 0 Å². The van der Waals surface area contributed by atoms with Gasteiger partial charge in [-0.25, -0.2) is 13.1 Å². The van der Waals surface area contributed by atoms with Crippen LogP contribution in [-0.4, -0.2) is 57.8 Å². The SMILES string of the molecule is CCNC(=NCCCNS(=O)(=O)CC)N1CCCC1.I. The normalized spacial score (nSPS) is 16.1. The molecule has 0 bridgehead atoms. The van der Waals surface area contributed by atoms with Crippen LogP contribution < -0.4 is 10.0 Å². The van der Waals surface area contributed by atoms with Crippen LogP contribution in [-0.2, 0) is 10.0 Å². The van der Waals surface area contributed by atoms with E-state index in [1.807, 2.05) is 0 Å². The van der Waals surface area contributed by atoms with E-state index in [-0.39, 0.29) is 29.7 Å². The van der Waals surface area contributed by atoms with Gasteiger partial charge >= 0.3 is 0 Å². The molecule has 120 valence electrons. The summed E-state index contributed by atoms with van der Waals surface area (Å²) in [4.78, 5) is 6.80. The number of nitrogens with one attached hydrogen (secondary N) is 2. The van der Waals surface area contributed by atoms with Crippen molar-refractivity contribution in [1.82, 2.24) is 14.9 Å². The maximum Gasteiger partial charge on any atom is 0.211 e. The summed E-state index contributed by atoms with van der Waals surface area (Å²) >= 11 is 0. The molecular weight excluding hydrogens is 391 g/mol. The van der Waals surface area contributed by atoms with Gasteiger partial charge in [0.1, 0.15) is 0 Å². The molecule has 2 N–H and O–H groups in total. The first-order valence-corrected chi connectivity index (χ1v) is 8.75. The summed E-state index contributed by atoms with van der Waals surface area (Å²) in [6.07, 6.45) is 3.17. The van der Waals surface area contributed by atoms with Crippen molar-refractivity contribution in [3.05, 3.63) is 0 Å². The minimum Gasteiger partial charge on any atom is -0.357 e. The van der Waals surface area contributed by atoms with Gasteiger partial charge in [-0.3, -0.25) is 4.99 Å². The first-order valence-electron chi connectivity index (χ1n) is 7.09. The summed E-state index contributed by atoms with van der Waals surface area (Å²) in [6.45, 7) is 7.78. The fraction of sp³-hybridized carbons (Fsp3) is 0.917. The van der Waals surface area contributed by atoms with Crippen molar-refractivity contribution in [3.8, 4) is 0 Å². The highest BCUT2D eigenvalue weighted by Crippen LogP contribution is 2.07. The molecule has 0 saturated carbocycles. The third-order valence-corrected chi connectivity index (χ3v) is 4.44. The van der Waals surface area contributed by atoms with E-state index in [4.69, 9.17) is 0 Å². The Balaban J connectivity index is 0.00000361. The van der Waals surface area contributed by atoms with E-state index in [1.165, 1.54) is 12.8 Å². The van der Waals surface area contributed by atoms with Crippen LogP contribution in [0.3, 0.4) is 0 Å². The van der Waals surface area contributed by atoms with Gasteiger partial charge in [-0.1, -0.05) is 0 Å². The molecule has 1 rings (SSSR count). The van der Waals surface area contributed by atoms with E-state index < -0.39 is 10.0 Å². The van der Waals surface area contributed by atoms with Crippen molar-refractivity contribution in [2.75, 3.05) is 38.5 Å². The Kier molecular flexibility index (Phi) is 10.6. The zero-order chi connectivity index (χ0) is 14.1. The Morgan fingerprint density at radius 3 is 2.45 bits per heavy atom. The molecule has 0 spiro atoms. The molecule has 1 fully saturated rings. The van der Waals surface area contributed by atoms with Crippen LogP contribution in [0, 0.1) is 0 Å². The van der Waals surface area contributed by atoms with Gasteiger partial charge in [-0.2, -0.15) is 0 Å². The molecule has 0 radical (unpaired) electrons. The van der Waals surface area contributed by atoms with Crippen LogP contribution >= 0.6 is 24.0 Å². The number of sulfonamides is 1. The summed E-state index contributed by atoms with van der Waals surface area (Å²) in [7, 11) is -3.07. The lowest BCUT2D eigenvalue weighted by atomic mass is 10.4. The second-order valence-corrected chi connectivity index (χ2v) is 6.68. The number of aliphatic imine (C=N–C) groups is 1. The molecule has 0 atom stereocenters. The highest BCUT2D eigenvalue weighted by Gasteiger charge is 2.15. The molecule has 1 aliphatic rings. The lowest BCUT2D eigenvalue weighted by Gasteiger charge is -2.20. The summed E-state index contributed by atoms with van der Waals surface area (Å²) < 4.78 is 25.0. The predicted molar refractivity (Wildman–Crippen MR) is 94.3 cm³/mol. The Hall–Kier alpha value is -0.0900. The zero-order valence-corrected chi connectivity index (χ0v) is 15.5. The van der Waals surface area contributed by atoms with E-state index in [1.54, 1.807) is 6.92 Å². The molecular formula is C12H27IN4O2S. The summed E-state index contributed by atoms with van der Waals surface area (Å²) in [5, 5.41) is 3.28. The van der Waals surface area contributed by atoms with E-state index in [0.717, 1.165) is 32.0 Å². The minimum atomic E-state index is -3.07. The van der Waals surface area contributed by atoms with Gasteiger partial charge in [-0.15, -0.1) is 24.0 Å². The van der Waals surface area contributed by atoms with Crippen molar-refractivity contribution >= 4 is 40.0 Å². The predicted octanol–water partition coefficient (Wildman–Crippen LogP) is 0.995. The first kappa shape index (κ1) is 19.9. The third kappa shape index (κ3) is 7.63.